The summed E-state index contributed by atoms with van der Waals surface area (Å²) in [6.07, 6.45) is 0. The first-order valence-electron chi connectivity index (χ1n) is 0. The Morgan fingerprint density at radius 1 is 0.0750 bits per heavy atom. The van der Waals surface area contributed by atoms with Crippen molar-refractivity contribution < 1.29 is 30.7 Å². The van der Waals surface area contributed by atoms with Crippen molar-refractivity contribution in [3.05, 3.63) is 0 Å². The van der Waals surface area contributed by atoms with E-state index in [4.69, 9.17) is 0 Å². The van der Waals surface area contributed by atoms with E-state index >= 15 is 0 Å². The molecule has 0 unspecified atom stereocenters. The lowest BCUT2D eigenvalue weighted by Crippen LogP contribution is 0.143. The molecule has 0 aromatic heterocycles. The van der Waals surface area contributed by atoms with Crippen molar-refractivity contribution in [1.29, 1.82) is 0 Å². The molecule has 0 spiro atoms. The lowest BCUT2D eigenvalue weighted by molar-refractivity contribution is 1.11. The van der Waals surface area contributed by atoms with E-state index in [2.05, 4.69) is 0 Å². The van der Waals surface area contributed by atoms with Crippen LogP contribution in [-0.4, -0.2) is 0 Å². The van der Waals surface area contributed by atoms with E-state index in [1.165, 1.54) is 0 Å². The molecule has 40 heavy (non-hydrogen) atoms. The van der Waals surface area contributed by atoms with Gasteiger partial charge in [-0.2, -0.15) is 0 Å². The number of halogens is 5. The van der Waals surface area contributed by atoms with Crippen LogP contribution in [0.2, 0.25) is 0 Å². The van der Waals surface area contributed by atoms with E-state index in [0.717, 1.165) is 0 Å². The standard InChI is InChI=1S/35CH4.5FH.5H2/h35*1H4;10*1H/i;;;;;;;;;;;;;;;;;;;;;;;;;;;;;;;;;;;;;;;;5*1+1. The highest BCUT2D eigenvalue weighted by atomic mass is 19.0. The molecule has 0 aliphatic rings. The molecule has 0 heterocycles. The summed E-state index contributed by atoms with van der Waals surface area (Å²) in [4.78, 5) is 0. The van der Waals surface area contributed by atoms with Gasteiger partial charge in [0.15, 0.2) is 0 Å². The molecule has 0 saturated carbocycles. The van der Waals surface area contributed by atoms with Gasteiger partial charge in [-0.15, -0.1) is 0 Å². The third-order valence-electron chi connectivity index (χ3n) is 0. The fourth-order valence-electron chi connectivity index (χ4n) is 0. The van der Waals surface area contributed by atoms with Crippen LogP contribution in [0.4, 0.5) is 23.5 Å². The van der Waals surface area contributed by atoms with Crippen molar-refractivity contribution >= 4 is 0 Å². The predicted octanol–water partition coefficient (Wildman–Crippen LogP) is 24.3. The first-order valence-corrected chi connectivity index (χ1v) is 0. The monoisotopic (exact) mass is 676 g/mol. The van der Waals surface area contributed by atoms with Crippen LogP contribution >= 0.6 is 0 Å². The molecule has 0 nitrogen and oxygen atoms in total. The SMILES string of the molecule is C.C.C.C.C.C.C.C.C.C.C.C.C.C.C.C.C.C.C.C.C.C.C.C.C.C.C.C.C.C.C.C.C.C.C.F.F.F.F.F.[2HH].[2HH].[2HH].[2HH].[2HH]. The fraction of sp³-hybridized carbons (Fsp3) is 1.00. The van der Waals surface area contributed by atoms with Crippen molar-refractivity contribution in [1.82, 2.24) is 0 Å². The molecule has 0 aliphatic carbocycles. The summed E-state index contributed by atoms with van der Waals surface area (Å²) in [7, 11) is 0. The molecule has 0 N–H and O–H groups in total. The van der Waals surface area contributed by atoms with Crippen molar-refractivity contribution in [2.75, 3.05) is 0 Å². The summed E-state index contributed by atoms with van der Waals surface area (Å²) in [5.41, 5.74) is 0. The highest BCUT2D eigenvalue weighted by Crippen LogP contribution is 0.425. The van der Waals surface area contributed by atoms with Gasteiger partial charge in [-0.1, -0.05) is 260 Å². The first kappa shape index (κ1) is 484000. The van der Waals surface area contributed by atoms with Gasteiger partial charge in [-0.25, -0.2) is 0 Å². The lowest BCUT2D eigenvalue weighted by Gasteiger charge is -0.270. The molecule has 0 bridgehead atoms. The molecule has 0 saturated heterocycles. The van der Waals surface area contributed by atoms with Crippen molar-refractivity contribution in [3.63, 3.8) is 0 Å². The zero-order chi connectivity index (χ0) is 0. The van der Waals surface area contributed by atoms with Crippen LogP contribution in [0, 0.1) is 0 Å². The predicted molar refractivity (Wildman–Crippen MR) is 259 cm³/mol. The minimum atomic E-state index is 0. The van der Waals surface area contributed by atoms with Crippen LogP contribution in [0.5, 0.6) is 0 Å². The molecular formula is C35H155F5. The Hall–Kier alpha value is -0.350. The summed E-state index contributed by atoms with van der Waals surface area (Å²) in [6.45, 7) is 0. The molecule has 0 atom stereocenters. The summed E-state index contributed by atoms with van der Waals surface area (Å²) in [5.74, 6) is 0. The summed E-state index contributed by atoms with van der Waals surface area (Å²) in [6, 6.07) is 0. The maximum absolute atomic E-state index is 0. The minimum absolute atomic E-state index is 0. The summed E-state index contributed by atoms with van der Waals surface area (Å²) in [5, 5.41) is 0. The zero-order valence-electron chi connectivity index (χ0n) is 2.04. The van der Waals surface area contributed by atoms with Gasteiger partial charge in [-0.3, -0.25) is 23.5 Å². The molecule has 0 amide bonds. The molecule has 0 aromatic rings. The van der Waals surface area contributed by atoms with E-state index < -0.39 is 0 Å². The van der Waals surface area contributed by atoms with E-state index in [9.17, 15) is 0 Å². The molecule has 0 rings (SSSR count). The van der Waals surface area contributed by atoms with Crippen molar-refractivity contribution in [3.8, 4) is 0 Å². The first-order chi connectivity index (χ1) is 0. The van der Waals surface area contributed by atoms with Crippen LogP contribution in [0.25, 0.3) is 0 Å². The second-order valence-electron chi connectivity index (χ2n) is 0. The third kappa shape index (κ3) is 413000. The van der Waals surface area contributed by atoms with Gasteiger partial charge >= 0.3 is 0 Å². The Bertz CT molecular complexity index is 44.4. The van der Waals surface area contributed by atoms with E-state index in [1.807, 2.05) is 0 Å². The van der Waals surface area contributed by atoms with Crippen LogP contribution in [0.15, 0.2) is 0 Å². The largest absolute Gasteiger partial charge is 0.269 e. The van der Waals surface area contributed by atoms with Crippen LogP contribution in [0.3, 0.4) is 0 Å². The lowest BCUT2D eigenvalue weighted by atomic mass is 12.0. The second-order valence-corrected chi connectivity index (χ2v) is 0. The third-order valence-corrected chi connectivity index (χ3v) is 0. The normalized spacial score (nSPS) is 0. The maximum atomic E-state index is 0. The van der Waals surface area contributed by atoms with Crippen LogP contribution in [-0.2, 0) is 0 Å². The molecule has 330 valence electrons. The smallest absolute Gasteiger partial charge is 0 e. The highest BCUT2D eigenvalue weighted by molar-refractivity contribution is 2.54. The number of rotatable bonds is 0. The highest BCUT2D eigenvalue weighted by Gasteiger charge is -0.0428. The Kier molecular flexibility index (Phi) is 5410000000. The van der Waals surface area contributed by atoms with E-state index in [-0.39, 0.29) is 291 Å². The Balaban J connectivity index is 0. The topological polar surface area (TPSA) is 0 Å². The molecule has 5 heteroatoms. The average Bonchev–Trinajstić information content (AvgIpc) is 0. The summed E-state index contributed by atoms with van der Waals surface area (Å²) < 4.78 is 0. The van der Waals surface area contributed by atoms with Gasteiger partial charge in [0.05, 0.1) is 0 Å². The number of hydrogen-bond acceptors (Lipinski definition) is 0. The molecule has 0 radical (unpaired) electrons. The molecule has 0 aromatic carbocycles. The average molecular weight is 677 g/mol. The maximum Gasteiger partial charge on any atom is 0 e. The number of hydrogen-bond donors (Lipinski definition) is 0. The van der Waals surface area contributed by atoms with Crippen LogP contribution in [0.1, 0.15) is 267 Å². The quantitative estimate of drug-likeness (QED) is 0.224. The molecule has 0 fully saturated rings. The zero-order valence-corrected chi connectivity index (χ0v) is 2.04. The van der Waals surface area contributed by atoms with Crippen LogP contribution < -0.4 is 0 Å². The van der Waals surface area contributed by atoms with Crippen molar-refractivity contribution in [2.45, 2.75) is 260 Å². The van der Waals surface area contributed by atoms with E-state index in [0.29, 0.717) is 0 Å². The van der Waals surface area contributed by atoms with Crippen molar-refractivity contribution in [2.24, 2.45) is 0 Å². The van der Waals surface area contributed by atoms with Gasteiger partial charge in [0.2, 0.25) is 0 Å². The van der Waals surface area contributed by atoms with Gasteiger partial charge in [0.1, 0.15) is 0 Å². The van der Waals surface area contributed by atoms with Gasteiger partial charge in [0.25, 0.3) is 0 Å². The summed E-state index contributed by atoms with van der Waals surface area (Å²) >= 11 is 0. The minimum Gasteiger partial charge on any atom is -0.269 e. The fourth-order valence-corrected chi connectivity index (χ4v) is 0. The Morgan fingerprint density at radius 3 is 0.0750 bits per heavy atom. The van der Waals surface area contributed by atoms with Gasteiger partial charge in [-0.05, 0) is 0 Å². The molecule has 0 aliphatic heterocycles. The molecular weight excluding hydrogens is 515 g/mol. The van der Waals surface area contributed by atoms with Gasteiger partial charge < -0.3 is 0 Å². The Morgan fingerprint density at radius 2 is 0.0750 bits per heavy atom. The van der Waals surface area contributed by atoms with E-state index in [1.54, 1.807) is 0 Å². The Labute approximate surface area is 290 Å². The second kappa shape index (κ2) is 447000. The van der Waals surface area contributed by atoms with Gasteiger partial charge in [0, 0.05) is 7.13 Å².